The third-order valence-corrected chi connectivity index (χ3v) is 7.27. The molecule has 0 aromatic carbocycles. The van der Waals surface area contributed by atoms with E-state index < -0.39 is 8.07 Å². The van der Waals surface area contributed by atoms with Crippen LogP contribution < -0.4 is 0 Å². The zero-order chi connectivity index (χ0) is 9.41. The molecule has 1 fully saturated rings. The molecule has 0 bridgehead atoms. The second-order valence-electron chi connectivity index (χ2n) is 4.97. The molecular formula is C10H18OSi. The molecular weight excluding hydrogens is 164 g/mol. The second-order valence-corrected chi connectivity index (χ2v) is 9.97. The molecule has 1 rings (SSSR count). The molecule has 0 N–H and O–H groups in total. The average Bonchev–Trinajstić information content (AvgIpc) is 2.62. The highest BCUT2D eigenvalue weighted by atomic mass is 28.3. The Labute approximate surface area is 76.5 Å². The number of rotatable bonds is 0. The van der Waals surface area contributed by atoms with Gasteiger partial charge in [-0.3, -0.25) is 0 Å². The third kappa shape index (κ3) is 2.36. The second kappa shape index (κ2) is 2.90. The van der Waals surface area contributed by atoms with Crippen LogP contribution in [-0.2, 0) is 4.74 Å². The van der Waals surface area contributed by atoms with Gasteiger partial charge >= 0.3 is 0 Å². The molecule has 1 heterocycles. The maximum absolute atomic E-state index is 5.07. The Morgan fingerprint density at radius 2 is 1.83 bits per heavy atom. The molecule has 0 radical (unpaired) electrons. The van der Waals surface area contributed by atoms with Crippen LogP contribution in [0, 0.1) is 11.5 Å². The van der Waals surface area contributed by atoms with Crippen molar-refractivity contribution < 1.29 is 4.74 Å². The van der Waals surface area contributed by atoms with Gasteiger partial charge in [0.25, 0.3) is 0 Å². The monoisotopic (exact) mass is 182 g/mol. The van der Waals surface area contributed by atoms with Crippen molar-refractivity contribution in [3.63, 3.8) is 0 Å². The lowest BCUT2D eigenvalue weighted by atomic mass is 10.2. The smallest absolute Gasteiger partial charge is 0.141 e. The number of hydrogen-bond acceptors (Lipinski definition) is 1. The van der Waals surface area contributed by atoms with Crippen LogP contribution in [0.1, 0.15) is 20.8 Å². The van der Waals surface area contributed by atoms with Crippen molar-refractivity contribution >= 4 is 8.07 Å². The molecule has 0 aromatic rings. The summed E-state index contributed by atoms with van der Waals surface area (Å²) in [5.74, 6) is 3.19. The summed E-state index contributed by atoms with van der Waals surface area (Å²) in [4.78, 5) is 0. The fraction of sp³-hybridized carbons (Fsp3) is 0.800. The van der Waals surface area contributed by atoms with E-state index in [0.717, 1.165) is 6.61 Å². The highest BCUT2D eigenvalue weighted by Gasteiger charge is 2.34. The molecule has 12 heavy (non-hydrogen) atoms. The summed E-state index contributed by atoms with van der Waals surface area (Å²) in [6.07, 6.45) is 0.263. The minimum atomic E-state index is -1.37. The normalized spacial score (nSPS) is 22.9. The van der Waals surface area contributed by atoms with Crippen molar-refractivity contribution in [2.75, 3.05) is 6.61 Å². The van der Waals surface area contributed by atoms with Crippen LogP contribution in [0.15, 0.2) is 0 Å². The minimum absolute atomic E-state index is 0.263. The van der Waals surface area contributed by atoms with Gasteiger partial charge in [0.15, 0.2) is 0 Å². The Balaban J connectivity index is 2.65. The van der Waals surface area contributed by atoms with Crippen LogP contribution >= 0.6 is 0 Å². The van der Waals surface area contributed by atoms with Crippen LogP contribution in [-0.4, -0.2) is 20.8 Å². The number of ether oxygens (including phenoxy) is 1. The topological polar surface area (TPSA) is 12.5 Å². The highest BCUT2D eigenvalue weighted by molar-refractivity contribution is 6.87. The van der Waals surface area contributed by atoms with Gasteiger partial charge in [-0.1, -0.05) is 39.8 Å². The lowest BCUT2D eigenvalue weighted by molar-refractivity contribution is 0.445. The quantitative estimate of drug-likeness (QED) is 0.318. The van der Waals surface area contributed by atoms with Crippen molar-refractivity contribution in [2.45, 2.75) is 45.0 Å². The van der Waals surface area contributed by atoms with Crippen molar-refractivity contribution in [3.05, 3.63) is 0 Å². The van der Waals surface area contributed by atoms with Crippen LogP contribution in [0.25, 0.3) is 0 Å². The molecule has 0 aromatic heterocycles. The molecule has 0 aliphatic carbocycles. The predicted octanol–water partition coefficient (Wildman–Crippen LogP) is 2.44. The Morgan fingerprint density at radius 1 is 1.33 bits per heavy atom. The SMILES string of the molecule is CC(C)(C)[Si](C)(C)C#CC1CO1. The van der Waals surface area contributed by atoms with E-state index in [9.17, 15) is 0 Å². The van der Waals surface area contributed by atoms with Gasteiger partial charge in [-0.05, 0) is 5.04 Å². The molecule has 1 unspecified atom stereocenters. The van der Waals surface area contributed by atoms with Gasteiger partial charge in [-0.15, -0.1) is 5.54 Å². The van der Waals surface area contributed by atoms with Gasteiger partial charge in [-0.25, -0.2) is 0 Å². The Bertz CT molecular complexity index is 222. The predicted molar refractivity (Wildman–Crippen MR) is 54.7 cm³/mol. The van der Waals surface area contributed by atoms with E-state index in [0.29, 0.717) is 5.04 Å². The molecule has 68 valence electrons. The fourth-order valence-corrected chi connectivity index (χ4v) is 1.48. The van der Waals surface area contributed by atoms with E-state index in [-0.39, 0.29) is 6.10 Å². The van der Waals surface area contributed by atoms with Gasteiger partial charge in [0.1, 0.15) is 14.2 Å². The van der Waals surface area contributed by atoms with E-state index in [2.05, 4.69) is 45.3 Å². The summed E-state index contributed by atoms with van der Waals surface area (Å²) in [6.45, 7) is 12.3. The Kier molecular flexibility index (Phi) is 2.37. The molecule has 2 heteroatoms. The first-order valence-corrected chi connectivity index (χ1v) is 7.47. The third-order valence-electron chi connectivity index (χ3n) is 2.75. The molecule has 0 spiro atoms. The minimum Gasteiger partial charge on any atom is -0.359 e. The highest BCUT2D eigenvalue weighted by Crippen LogP contribution is 2.35. The number of hydrogen-bond donors (Lipinski definition) is 0. The first-order chi connectivity index (χ1) is 5.33. The largest absolute Gasteiger partial charge is 0.359 e. The van der Waals surface area contributed by atoms with Crippen LogP contribution in [0.5, 0.6) is 0 Å². The molecule has 1 saturated heterocycles. The Morgan fingerprint density at radius 3 is 2.17 bits per heavy atom. The maximum Gasteiger partial charge on any atom is 0.141 e. The van der Waals surface area contributed by atoms with Crippen molar-refractivity contribution in [1.29, 1.82) is 0 Å². The van der Waals surface area contributed by atoms with Gasteiger partial charge in [0.2, 0.25) is 0 Å². The maximum atomic E-state index is 5.07. The lowest BCUT2D eigenvalue weighted by Gasteiger charge is -2.31. The molecule has 1 aliphatic rings. The summed E-state index contributed by atoms with van der Waals surface area (Å²) in [6, 6.07) is 0. The first-order valence-electron chi connectivity index (χ1n) is 4.47. The van der Waals surface area contributed by atoms with Crippen molar-refractivity contribution in [2.24, 2.45) is 0 Å². The fourth-order valence-electron chi connectivity index (χ4n) is 0.580. The van der Waals surface area contributed by atoms with Crippen molar-refractivity contribution in [3.8, 4) is 11.5 Å². The van der Waals surface area contributed by atoms with E-state index in [1.54, 1.807) is 0 Å². The first kappa shape index (κ1) is 9.82. The van der Waals surface area contributed by atoms with E-state index >= 15 is 0 Å². The lowest BCUT2D eigenvalue weighted by Crippen LogP contribution is -2.35. The number of epoxide rings is 1. The molecule has 1 aliphatic heterocycles. The van der Waals surface area contributed by atoms with Crippen LogP contribution in [0.3, 0.4) is 0 Å². The van der Waals surface area contributed by atoms with Gasteiger partial charge in [0, 0.05) is 0 Å². The van der Waals surface area contributed by atoms with Gasteiger partial charge in [-0.2, -0.15) is 0 Å². The van der Waals surface area contributed by atoms with E-state index in [1.165, 1.54) is 0 Å². The summed E-state index contributed by atoms with van der Waals surface area (Å²) >= 11 is 0. The Hall–Kier alpha value is -0.263. The zero-order valence-electron chi connectivity index (χ0n) is 8.69. The van der Waals surface area contributed by atoms with E-state index in [4.69, 9.17) is 4.74 Å². The van der Waals surface area contributed by atoms with Crippen LogP contribution in [0.2, 0.25) is 18.1 Å². The summed E-state index contributed by atoms with van der Waals surface area (Å²) < 4.78 is 5.07. The molecule has 1 atom stereocenters. The summed E-state index contributed by atoms with van der Waals surface area (Å²) in [5.41, 5.74) is 3.42. The van der Waals surface area contributed by atoms with Gasteiger partial charge in [0.05, 0.1) is 6.61 Å². The van der Waals surface area contributed by atoms with Crippen LogP contribution in [0.4, 0.5) is 0 Å². The van der Waals surface area contributed by atoms with Crippen molar-refractivity contribution in [1.82, 2.24) is 0 Å². The molecule has 0 saturated carbocycles. The standard InChI is InChI=1S/C10H18OSi/c1-10(2,3)12(4,5)7-6-9-8-11-9/h9H,8H2,1-5H3. The molecule has 0 amide bonds. The zero-order valence-corrected chi connectivity index (χ0v) is 9.69. The summed E-state index contributed by atoms with van der Waals surface area (Å²) in [5, 5.41) is 0.370. The molecule has 1 nitrogen and oxygen atoms in total. The average molecular weight is 182 g/mol. The summed E-state index contributed by atoms with van der Waals surface area (Å²) in [7, 11) is -1.37. The van der Waals surface area contributed by atoms with Gasteiger partial charge < -0.3 is 4.74 Å². The van der Waals surface area contributed by atoms with E-state index in [1.807, 2.05) is 0 Å².